The highest BCUT2D eigenvalue weighted by atomic mass is 16.2. The number of carbonyl (C=O) groups is 2. The Morgan fingerprint density at radius 3 is 2.20 bits per heavy atom. The molecule has 0 atom stereocenters. The maximum Gasteiger partial charge on any atom is 0.257 e. The van der Waals surface area contributed by atoms with Crippen molar-refractivity contribution in [3.8, 4) is 6.07 Å². The lowest BCUT2D eigenvalue weighted by molar-refractivity contribution is -0.130. The fourth-order valence-corrected chi connectivity index (χ4v) is 4.12. The number of anilines is 1. The van der Waals surface area contributed by atoms with Gasteiger partial charge in [-0.3, -0.25) is 14.6 Å². The fraction of sp³-hybridized carbons (Fsp3) is 0.478. The van der Waals surface area contributed by atoms with Gasteiger partial charge in [-0.05, 0) is 25.8 Å². The third-order valence-corrected chi connectivity index (χ3v) is 6.21. The van der Waals surface area contributed by atoms with Crippen molar-refractivity contribution >= 4 is 29.7 Å². The Kier molecular flexibility index (Phi) is 6.25. The Bertz CT molecular complexity index is 901. The van der Waals surface area contributed by atoms with Crippen LogP contribution in [0, 0.1) is 16.7 Å². The number of amides is 2. The lowest BCUT2D eigenvalue weighted by Gasteiger charge is -2.39. The SMILES string of the molecule is C=Cc1ncc(C(=O)N2CCN(C(C)=O)CC2)c(N2CCC(C)(C#N)CC2)c1C=C. The summed E-state index contributed by atoms with van der Waals surface area (Å²) in [6.07, 6.45) is 6.48. The van der Waals surface area contributed by atoms with E-state index in [-0.39, 0.29) is 17.2 Å². The zero-order valence-electron chi connectivity index (χ0n) is 17.9. The molecule has 3 rings (SSSR count). The van der Waals surface area contributed by atoms with Gasteiger partial charge in [0.2, 0.25) is 5.91 Å². The number of nitrogens with zero attached hydrogens (tertiary/aromatic N) is 5. The molecule has 0 unspecified atom stereocenters. The van der Waals surface area contributed by atoms with Gasteiger partial charge in [-0.25, -0.2) is 0 Å². The molecule has 3 heterocycles. The van der Waals surface area contributed by atoms with E-state index in [0.717, 1.165) is 24.1 Å². The van der Waals surface area contributed by atoms with Gasteiger partial charge < -0.3 is 14.7 Å². The molecule has 2 saturated heterocycles. The Balaban J connectivity index is 1.94. The first-order valence-electron chi connectivity index (χ1n) is 10.3. The maximum absolute atomic E-state index is 13.4. The van der Waals surface area contributed by atoms with Crippen molar-refractivity contribution in [1.29, 1.82) is 5.26 Å². The molecule has 2 aliphatic heterocycles. The van der Waals surface area contributed by atoms with Crippen LogP contribution in [0.2, 0.25) is 0 Å². The van der Waals surface area contributed by atoms with E-state index in [0.29, 0.717) is 50.5 Å². The number of aromatic nitrogens is 1. The van der Waals surface area contributed by atoms with Crippen molar-refractivity contribution in [2.45, 2.75) is 26.7 Å². The lowest BCUT2D eigenvalue weighted by atomic mass is 9.81. The molecule has 158 valence electrons. The summed E-state index contributed by atoms with van der Waals surface area (Å²) >= 11 is 0. The summed E-state index contributed by atoms with van der Waals surface area (Å²) in [6.45, 7) is 14.8. The molecule has 30 heavy (non-hydrogen) atoms. The first kappa shape index (κ1) is 21.6. The van der Waals surface area contributed by atoms with Crippen molar-refractivity contribution in [2.24, 2.45) is 5.41 Å². The lowest BCUT2D eigenvalue weighted by Crippen LogP contribution is -2.50. The second-order valence-corrected chi connectivity index (χ2v) is 8.19. The number of pyridine rings is 1. The fourth-order valence-electron chi connectivity index (χ4n) is 4.12. The summed E-state index contributed by atoms with van der Waals surface area (Å²) in [4.78, 5) is 35.2. The number of carbonyl (C=O) groups excluding carboxylic acids is 2. The van der Waals surface area contributed by atoms with E-state index < -0.39 is 0 Å². The van der Waals surface area contributed by atoms with Crippen LogP contribution in [0.5, 0.6) is 0 Å². The predicted octanol–water partition coefficient (Wildman–Crippen LogP) is 2.80. The maximum atomic E-state index is 13.4. The molecule has 0 radical (unpaired) electrons. The number of hydrogen-bond acceptors (Lipinski definition) is 5. The van der Waals surface area contributed by atoms with Crippen molar-refractivity contribution in [3.63, 3.8) is 0 Å². The van der Waals surface area contributed by atoms with Crippen LogP contribution in [-0.4, -0.2) is 65.9 Å². The van der Waals surface area contributed by atoms with E-state index in [9.17, 15) is 14.9 Å². The molecule has 2 fully saturated rings. The molecule has 1 aromatic rings. The van der Waals surface area contributed by atoms with Crippen LogP contribution in [0.15, 0.2) is 19.4 Å². The first-order valence-corrected chi connectivity index (χ1v) is 10.3. The molecule has 7 heteroatoms. The zero-order valence-corrected chi connectivity index (χ0v) is 17.9. The van der Waals surface area contributed by atoms with Crippen LogP contribution >= 0.6 is 0 Å². The molecule has 2 amide bonds. The number of nitriles is 1. The summed E-state index contributed by atoms with van der Waals surface area (Å²) < 4.78 is 0. The molecule has 1 aromatic heterocycles. The first-order chi connectivity index (χ1) is 14.3. The standard InChI is InChI=1S/C23H29N5O2/c1-5-18-20(6-2)25-15-19(21(18)27-9-7-23(4,16-24)8-10-27)22(30)28-13-11-26(12-14-28)17(3)29/h5-6,15H,1-2,7-14H2,3-4H3. The van der Waals surface area contributed by atoms with Crippen LogP contribution in [0.25, 0.3) is 12.2 Å². The summed E-state index contributed by atoms with van der Waals surface area (Å²) in [6, 6.07) is 2.42. The van der Waals surface area contributed by atoms with Gasteiger partial charge in [0.15, 0.2) is 0 Å². The van der Waals surface area contributed by atoms with E-state index in [1.165, 1.54) is 0 Å². The smallest absolute Gasteiger partial charge is 0.257 e. The minimum absolute atomic E-state index is 0.0302. The Hall–Kier alpha value is -3.14. The van der Waals surface area contributed by atoms with Crippen LogP contribution < -0.4 is 4.90 Å². The third kappa shape index (κ3) is 4.09. The second-order valence-electron chi connectivity index (χ2n) is 8.19. The predicted molar refractivity (Wildman–Crippen MR) is 118 cm³/mol. The van der Waals surface area contributed by atoms with E-state index in [4.69, 9.17) is 0 Å². The van der Waals surface area contributed by atoms with E-state index in [1.807, 2.05) is 6.92 Å². The van der Waals surface area contributed by atoms with Gasteiger partial charge in [0, 0.05) is 58.0 Å². The van der Waals surface area contributed by atoms with Crippen LogP contribution in [0.4, 0.5) is 5.69 Å². The van der Waals surface area contributed by atoms with Crippen molar-refractivity contribution in [2.75, 3.05) is 44.2 Å². The molecule has 7 nitrogen and oxygen atoms in total. The van der Waals surface area contributed by atoms with Gasteiger partial charge in [0.1, 0.15) is 0 Å². The van der Waals surface area contributed by atoms with Gasteiger partial charge in [0.05, 0.1) is 28.4 Å². The highest BCUT2D eigenvalue weighted by molar-refractivity contribution is 6.02. The summed E-state index contributed by atoms with van der Waals surface area (Å²) in [5.74, 6) is -0.0596. The minimum Gasteiger partial charge on any atom is -0.370 e. The number of hydrogen-bond donors (Lipinski definition) is 0. The molecule has 0 spiro atoms. The molecule has 0 bridgehead atoms. The second kappa shape index (κ2) is 8.70. The topological polar surface area (TPSA) is 80.5 Å². The number of rotatable bonds is 4. The van der Waals surface area contributed by atoms with Crippen molar-refractivity contribution in [1.82, 2.24) is 14.8 Å². The monoisotopic (exact) mass is 407 g/mol. The highest BCUT2D eigenvalue weighted by Crippen LogP contribution is 2.37. The molecule has 0 aromatic carbocycles. The van der Waals surface area contributed by atoms with Gasteiger partial charge in [-0.1, -0.05) is 19.2 Å². The van der Waals surface area contributed by atoms with Crippen LogP contribution in [0.3, 0.4) is 0 Å². The van der Waals surface area contributed by atoms with Crippen molar-refractivity contribution < 1.29 is 9.59 Å². The number of piperazine rings is 1. The van der Waals surface area contributed by atoms with E-state index in [1.54, 1.807) is 35.1 Å². The summed E-state index contributed by atoms with van der Waals surface area (Å²) in [7, 11) is 0. The average Bonchev–Trinajstić information content (AvgIpc) is 2.78. The van der Waals surface area contributed by atoms with Gasteiger partial charge in [0.25, 0.3) is 5.91 Å². The van der Waals surface area contributed by atoms with Gasteiger partial charge >= 0.3 is 0 Å². The quantitative estimate of drug-likeness (QED) is 0.767. The molecular weight excluding hydrogens is 378 g/mol. The molecule has 2 aliphatic rings. The molecule has 0 aliphatic carbocycles. The van der Waals surface area contributed by atoms with Crippen LogP contribution in [-0.2, 0) is 4.79 Å². The van der Waals surface area contributed by atoms with Gasteiger partial charge in [-0.2, -0.15) is 5.26 Å². The normalized spacial score (nSPS) is 18.5. The summed E-state index contributed by atoms with van der Waals surface area (Å²) in [5.41, 5.74) is 2.48. The van der Waals surface area contributed by atoms with Gasteiger partial charge in [-0.15, -0.1) is 0 Å². The van der Waals surface area contributed by atoms with Crippen molar-refractivity contribution in [3.05, 3.63) is 36.2 Å². The number of piperidine rings is 1. The highest BCUT2D eigenvalue weighted by Gasteiger charge is 2.34. The Morgan fingerprint density at radius 1 is 1.10 bits per heavy atom. The third-order valence-electron chi connectivity index (χ3n) is 6.21. The van der Waals surface area contributed by atoms with Crippen LogP contribution in [0.1, 0.15) is 48.3 Å². The zero-order chi connectivity index (χ0) is 21.9. The van der Waals surface area contributed by atoms with E-state index >= 15 is 0 Å². The largest absolute Gasteiger partial charge is 0.370 e. The molecule has 0 N–H and O–H groups in total. The molecule has 0 saturated carbocycles. The van der Waals surface area contributed by atoms with E-state index in [2.05, 4.69) is 29.1 Å². The molecular formula is C23H29N5O2. The summed E-state index contributed by atoms with van der Waals surface area (Å²) in [5, 5.41) is 9.47. The minimum atomic E-state index is -0.341. The average molecular weight is 408 g/mol. The Morgan fingerprint density at radius 2 is 1.70 bits per heavy atom. The Labute approximate surface area is 178 Å².